The van der Waals surface area contributed by atoms with Gasteiger partial charge >= 0.3 is 0 Å². The van der Waals surface area contributed by atoms with Crippen molar-refractivity contribution in [3.63, 3.8) is 0 Å². The molecule has 0 unspecified atom stereocenters. The highest BCUT2D eigenvalue weighted by Gasteiger charge is 2.18. The SMILES string of the molecule is CCCN1CCc2ccc(CS(=O)(=O)c3ccc(C(C)C)cc3)cc2CC1. The highest BCUT2D eigenvalue weighted by atomic mass is 32.2. The van der Waals surface area contributed by atoms with Crippen LogP contribution in [0.3, 0.4) is 0 Å². The lowest BCUT2D eigenvalue weighted by molar-refractivity contribution is 0.288. The van der Waals surface area contributed by atoms with Crippen LogP contribution < -0.4 is 0 Å². The van der Waals surface area contributed by atoms with E-state index in [2.05, 4.69) is 37.8 Å². The standard InChI is InChI=1S/C23H31NO2S/c1-4-13-24-14-11-21-6-5-19(16-22(21)12-15-24)17-27(25,26)23-9-7-20(8-10-23)18(2)3/h5-10,16,18H,4,11-15,17H2,1-3H3. The van der Waals surface area contributed by atoms with Gasteiger partial charge in [-0.2, -0.15) is 0 Å². The average molecular weight is 386 g/mol. The molecule has 0 amide bonds. The van der Waals surface area contributed by atoms with Crippen LogP contribution >= 0.6 is 0 Å². The predicted octanol–water partition coefficient (Wildman–Crippen LogP) is 4.59. The van der Waals surface area contributed by atoms with Crippen LogP contribution in [0.25, 0.3) is 0 Å². The number of hydrogen-bond donors (Lipinski definition) is 0. The van der Waals surface area contributed by atoms with Crippen molar-refractivity contribution in [2.45, 2.75) is 56.6 Å². The van der Waals surface area contributed by atoms with Crippen molar-refractivity contribution < 1.29 is 8.42 Å². The number of rotatable bonds is 6. The van der Waals surface area contributed by atoms with E-state index in [4.69, 9.17) is 0 Å². The van der Waals surface area contributed by atoms with Crippen LogP contribution in [0, 0.1) is 0 Å². The molecule has 3 rings (SSSR count). The number of nitrogens with zero attached hydrogens (tertiary/aromatic N) is 1. The van der Waals surface area contributed by atoms with Gasteiger partial charge in [0, 0.05) is 13.1 Å². The minimum atomic E-state index is -3.32. The van der Waals surface area contributed by atoms with Crippen LogP contribution in [0.15, 0.2) is 47.4 Å². The first-order valence-corrected chi connectivity index (χ1v) is 11.7. The van der Waals surface area contributed by atoms with Gasteiger partial charge in [0.1, 0.15) is 0 Å². The van der Waals surface area contributed by atoms with E-state index in [1.54, 1.807) is 12.1 Å². The summed E-state index contributed by atoms with van der Waals surface area (Å²) >= 11 is 0. The Balaban J connectivity index is 1.76. The highest BCUT2D eigenvalue weighted by Crippen LogP contribution is 2.23. The van der Waals surface area contributed by atoms with Crippen LogP contribution in [0.1, 0.15) is 55.4 Å². The Morgan fingerprint density at radius 3 is 2.26 bits per heavy atom. The molecular weight excluding hydrogens is 354 g/mol. The van der Waals surface area contributed by atoms with Gasteiger partial charge in [0.25, 0.3) is 0 Å². The first kappa shape index (κ1) is 20.1. The normalized spacial score (nSPS) is 15.6. The van der Waals surface area contributed by atoms with Gasteiger partial charge in [-0.05, 0) is 66.1 Å². The molecule has 0 atom stereocenters. The lowest BCUT2D eigenvalue weighted by Gasteiger charge is -2.18. The van der Waals surface area contributed by atoms with Crippen molar-refractivity contribution in [1.29, 1.82) is 0 Å². The van der Waals surface area contributed by atoms with Crippen molar-refractivity contribution >= 4 is 9.84 Å². The third kappa shape index (κ3) is 4.99. The molecular formula is C23H31NO2S. The largest absolute Gasteiger partial charge is 0.303 e. The molecule has 0 saturated carbocycles. The van der Waals surface area contributed by atoms with Gasteiger partial charge in [-0.25, -0.2) is 8.42 Å². The third-order valence-electron chi connectivity index (χ3n) is 5.47. The number of hydrogen-bond acceptors (Lipinski definition) is 3. The molecule has 3 nitrogen and oxygen atoms in total. The van der Waals surface area contributed by atoms with Gasteiger partial charge in [0.05, 0.1) is 10.6 Å². The summed E-state index contributed by atoms with van der Waals surface area (Å²) in [6.07, 6.45) is 3.24. The number of fused-ring (bicyclic) bond motifs is 1. The average Bonchev–Trinajstić information content (AvgIpc) is 2.84. The molecule has 0 fully saturated rings. The molecule has 2 aromatic rings. The van der Waals surface area contributed by atoms with Gasteiger partial charge in [0.15, 0.2) is 9.84 Å². The fraction of sp³-hybridized carbons (Fsp3) is 0.478. The Kier molecular flexibility index (Phi) is 6.38. The van der Waals surface area contributed by atoms with Gasteiger partial charge in [-0.1, -0.05) is 51.1 Å². The number of sulfone groups is 1. The van der Waals surface area contributed by atoms with Crippen LogP contribution in [-0.4, -0.2) is 33.0 Å². The predicted molar refractivity (Wildman–Crippen MR) is 112 cm³/mol. The van der Waals surface area contributed by atoms with Gasteiger partial charge in [0.2, 0.25) is 0 Å². The second-order valence-corrected chi connectivity index (χ2v) is 9.92. The second kappa shape index (κ2) is 8.57. The first-order chi connectivity index (χ1) is 12.9. The third-order valence-corrected chi connectivity index (χ3v) is 7.17. The molecule has 0 radical (unpaired) electrons. The summed E-state index contributed by atoms with van der Waals surface area (Å²) in [4.78, 5) is 2.92. The second-order valence-electron chi connectivity index (χ2n) is 7.93. The molecule has 1 heterocycles. The summed E-state index contributed by atoms with van der Waals surface area (Å²) in [7, 11) is -3.32. The van der Waals surface area contributed by atoms with E-state index in [0.717, 1.165) is 43.6 Å². The van der Waals surface area contributed by atoms with E-state index in [9.17, 15) is 8.42 Å². The molecule has 0 bridgehead atoms. The first-order valence-electron chi connectivity index (χ1n) is 10.0. The van der Waals surface area contributed by atoms with Crippen molar-refractivity contribution in [2.24, 2.45) is 0 Å². The molecule has 0 aromatic heterocycles. The van der Waals surface area contributed by atoms with Crippen molar-refractivity contribution in [3.8, 4) is 0 Å². The van der Waals surface area contributed by atoms with Gasteiger partial charge in [-0.3, -0.25) is 0 Å². The van der Waals surface area contributed by atoms with Gasteiger partial charge in [-0.15, -0.1) is 0 Å². The highest BCUT2D eigenvalue weighted by molar-refractivity contribution is 7.90. The van der Waals surface area contributed by atoms with Crippen molar-refractivity contribution in [3.05, 3.63) is 64.7 Å². The maximum Gasteiger partial charge on any atom is 0.182 e. The van der Waals surface area contributed by atoms with E-state index in [1.165, 1.54) is 17.5 Å². The molecule has 0 N–H and O–H groups in total. The molecule has 1 aliphatic rings. The maximum absolute atomic E-state index is 12.8. The Bertz CT molecular complexity index is 870. The van der Waals surface area contributed by atoms with E-state index >= 15 is 0 Å². The summed E-state index contributed by atoms with van der Waals surface area (Å²) in [5, 5.41) is 0. The van der Waals surface area contributed by atoms with Gasteiger partial charge < -0.3 is 4.90 Å². The Morgan fingerprint density at radius 2 is 1.63 bits per heavy atom. The Morgan fingerprint density at radius 1 is 0.963 bits per heavy atom. The summed E-state index contributed by atoms with van der Waals surface area (Å²) in [5.41, 5.74) is 4.74. The summed E-state index contributed by atoms with van der Waals surface area (Å²) in [6.45, 7) is 9.74. The topological polar surface area (TPSA) is 37.4 Å². The smallest absolute Gasteiger partial charge is 0.182 e. The van der Waals surface area contributed by atoms with Crippen LogP contribution in [0.4, 0.5) is 0 Å². The molecule has 146 valence electrons. The molecule has 2 aromatic carbocycles. The van der Waals surface area contributed by atoms with E-state index < -0.39 is 9.84 Å². The molecule has 0 aliphatic carbocycles. The van der Waals surface area contributed by atoms with Crippen molar-refractivity contribution in [2.75, 3.05) is 19.6 Å². The Hall–Kier alpha value is -1.65. The molecule has 27 heavy (non-hydrogen) atoms. The Labute approximate surface area is 164 Å². The monoisotopic (exact) mass is 385 g/mol. The molecule has 1 aliphatic heterocycles. The lowest BCUT2D eigenvalue weighted by Crippen LogP contribution is -2.27. The number of benzene rings is 2. The van der Waals surface area contributed by atoms with E-state index in [0.29, 0.717) is 10.8 Å². The van der Waals surface area contributed by atoms with E-state index in [1.807, 2.05) is 18.2 Å². The molecule has 0 spiro atoms. The zero-order valence-electron chi connectivity index (χ0n) is 16.7. The minimum absolute atomic E-state index is 0.0694. The van der Waals surface area contributed by atoms with Crippen LogP contribution in [-0.2, 0) is 28.4 Å². The summed E-state index contributed by atoms with van der Waals surface area (Å²) in [5.74, 6) is 0.471. The zero-order chi connectivity index (χ0) is 19.4. The quantitative estimate of drug-likeness (QED) is 0.729. The van der Waals surface area contributed by atoms with E-state index in [-0.39, 0.29) is 5.75 Å². The van der Waals surface area contributed by atoms with Crippen LogP contribution in [0.5, 0.6) is 0 Å². The fourth-order valence-electron chi connectivity index (χ4n) is 3.82. The maximum atomic E-state index is 12.8. The zero-order valence-corrected chi connectivity index (χ0v) is 17.6. The van der Waals surface area contributed by atoms with Crippen molar-refractivity contribution in [1.82, 2.24) is 4.90 Å². The summed E-state index contributed by atoms with van der Waals surface area (Å²) in [6, 6.07) is 13.6. The summed E-state index contributed by atoms with van der Waals surface area (Å²) < 4.78 is 25.7. The molecule has 0 saturated heterocycles. The lowest BCUT2D eigenvalue weighted by atomic mass is 10.0. The molecule has 4 heteroatoms. The minimum Gasteiger partial charge on any atom is -0.303 e. The fourth-order valence-corrected chi connectivity index (χ4v) is 5.15. The van der Waals surface area contributed by atoms with Crippen LogP contribution in [0.2, 0.25) is 0 Å².